The highest BCUT2D eigenvalue weighted by atomic mass is 127. The van der Waals surface area contributed by atoms with Crippen LogP contribution in [-0.2, 0) is 0 Å². The third kappa shape index (κ3) is 2.75. The molecule has 0 spiro atoms. The number of thiophene rings is 1. The second kappa shape index (κ2) is 4.62. The Balaban J connectivity index is 2.02. The van der Waals surface area contributed by atoms with Crippen LogP contribution >= 0.6 is 33.9 Å². The number of hydrogen-bond acceptors (Lipinski definition) is 3. The number of rotatable bonds is 1. The van der Waals surface area contributed by atoms with Gasteiger partial charge in [-0.05, 0) is 48.4 Å². The van der Waals surface area contributed by atoms with Crippen molar-refractivity contribution in [2.75, 3.05) is 13.1 Å². The molecule has 1 aromatic rings. The summed E-state index contributed by atoms with van der Waals surface area (Å²) < 4.78 is 1.13. The summed E-state index contributed by atoms with van der Waals surface area (Å²) in [6.45, 7) is 3.14. The van der Waals surface area contributed by atoms with E-state index in [9.17, 15) is 9.90 Å². The molecule has 1 aliphatic rings. The van der Waals surface area contributed by atoms with Crippen molar-refractivity contribution in [1.29, 1.82) is 0 Å². The third-order valence-electron chi connectivity index (χ3n) is 2.94. The zero-order valence-electron chi connectivity index (χ0n) is 9.07. The van der Waals surface area contributed by atoms with Gasteiger partial charge in [-0.2, -0.15) is 0 Å². The fourth-order valence-electron chi connectivity index (χ4n) is 1.80. The van der Waals surface area contributed by atoms with E-state index >= 15 is 0 Å². The Bertz CT molecular complexity index is 392. The van der Waals surface area contributed by atoms with Crippen molar-refractivity contribution in [3.63, 3.8) is 0 Å². The van der Waals surface area contributed by atoms with E-state index in [0.29, 0.717) is 25.9 Å². The number of piperidine rings is 1. The summed E-state index contributed by atoms with van der Waals surface area (Å²) in [5.74, 6) is 0.0923. The van der Waals surface area contributed by atoms with Crippen LogP contribution in [0.4, 0.5) is 0 Å². The van der Waals surface area contributed by atoms with E-state index in [-0.39, 0.29) is 5.91 Å². The largest absolute Gasteiger partial charge is 0.390 e. The van der Waals surface area contributed by atoms with Gasteiger partial charge in [0.25, 0.3) is 5.91 Å². The normalized spacial score (nSPS) is 19.8. The maximum absolute atomic E-state index is 12.1. The third-order valence-corrected chi connectivity index (χ3v) is 4.73. The maximum Gasteiger partial charge on any atom is 0.254 e. The Hall–Kier alpha value is -0.140. The molecule has 0 bridgehead atoms. The van der Waals surface area contributed by atoms with E-state index in [4.69, 9.17) is 0 Å². The van der Waals surface area contributed by atoms with Crippen LogP contribution in [0, 0.1) is 2.88 Å². The Morgan fingerprint density at radius 1 is 1.56 bits per heavy atom. The molecule has 2 heterocycles. The zero-order chi connectivity index (χ0) is 11.8. The van der Waals surface area contributed by atoms with Gasteiger partial charge < -0.3 is 10.0 Å². The van der Waals surface area contributed by atoms with E-state index in [0.717, 1.165) is 8.45 Å². The van der Waals surface area contributed by atoms with Gasteiger partial charge in [0.1, 0.15) is 0 Å². The molecule has 1 saturated heterocycles. The molecule has 1 aliphatic heterocycles. The lowest BCUT2D eigenvalue weighted by atomic mass is 9.93. The number of amides is 1. The van der Waals surface area contributed by atoms with Crippen molar-refractivity contribution < 1.29 is 9.90 Å². The van der Waals surface area contributed by atoms with Crippen LogP contribution in [-0.4, -0.2) is 34.6 Å². The van der Waals surface area contributed by atoms with Gasteiger partial charge in [-0.1, -0.05) is 0 Å². The van der Waals surface area contributed by atoms with Crippen molar-refractivity contribution >= 4 is 39.8 Å². The Kier molecular flexibility index (Phi) is 3.56. The first kappa shape index (κ1) is 12.3. The first-order valence-corrected chi connectivity index (χ1v) is 7.19. The van der Waals surface area contributed by atoms with E-state index in [1.165, 1.54) is 0 Å². The molecule has 1 fully saturated rings. The van der Waals surface area contributed by atoms with Crippen LogP contribution in [0.1, 0.15) is 30.1 Å². The number of halogens is 1. The molecule has 1 amide bonds. The second-order valence-corrected chi connectivity index (χ2v) is 7.23. The molecule has 0 radical (unpaired) electrons. The first-order chi connectivity index (χ1) is 7.48. The molecule has 0 atom stereocenters. The minimum Gasteiger partial charge on any atom is -0.390 e. The van der Waals surface area contributed by atoms with E-state index < -0.39 is 5.60 Å². The molecule has 0 saturated carbocycles. The lowest BCUT2D eigenvalue weighted by Gasteiger charge is -2.35. The summed E-state index contributed by atoms with van der Waals surface area (Å²) in [5, 5.41) is 11.7. The van der Waals surface area contributed by atoms with E-state index in [1.807, 2.05) is 23.3 Å². The Labute approximate surface area is 113 Å². The average Bonchev–Trinajstić information content (AvgIpc) is 2.64. The highest BCUT2D eigenvalue weighted by Crippen LogP contribution is 2.24. The summed E-state index contributed by atoms with van der Waals surface area (Å²) in [6, 6.07) is 1.92. The molecule has 88 valence electrons. The topological polar surface area (TPSA) is 40.5 Å². The van der Waals surface area contributed by atoms with Crippen molar-refractivity contribution in [2.45, 2.75) is 25.4 Å². The minimum atomic E-state index is -0.597. The smallest absolute Gasteiger partial charge is 0.254 e. The van der Waals surface area contributed by atoms with Crippen LogP contribution in [0.25, 0.3) is 0 Å². The number of aliphatic hydroxyl groups is 1. The Morgan fingerprint density at radius 3 is 2.69 bits per heavy atom. The predicted octanol–water partition coefficient (Wildman–Crippen LogP) is 2.34. The van der Waals surface area contributed by atoms with Crippen LogP contribution in [0.5, 0.6) is 0 Å². The van der Waals surface area contributed by atoms with Crippen molar-refractivity contribution in [3.8, 4) is 0 Å². The van der Waals surface area contributed by atoms with Crippen LogP contribution in [0.15, 0.2) is 11.4 Å². The lowest BCUT2D eigenvalue weighted by Crippen LogP contribution is -2.45. The summed E-state index contributed by atoms with van der Waals surface area (Å²) in [6.07, 6.45) is 1.33. The fraction of sp³-hybridized carbons (Fsp3) is 0.545. The highest BCUT2D eigenvalue weighted by Gasteiger charge is 2.30. The van der Waals surface area contributed by atoms with Gasteiger partial charge in [0, 0.05) is 18.5 Å². The summed E-state index contributed by atoms with van der Waals surface area (Å²) in [5.41, 5.74) is 0.177. The number of carbonyl (C=O) groups excluding carboxylic acids is 1. The minimum absolute atomic E-state index is 0.0923. The lowest BCUT2D eigenvalue weighted by molar-refractivity contribution is -0.00200. The van der Waals surface area contributed by atoms with Crippen LogP contribution < -0.4 is 0 Å². The summed E-state index contributed by atoms with van der Waals surface area (Å²) in [4.78, 5) is 13.9. The van der Waals surface area contributed by atoms with Gasteiger partial charge in [-0.3, -0.25) is 4.79 Å². The van der Waals surface area contributed by atoms with Gasteiger partial charge in [-0.25, -0.2) is 0 Å². The van der Waals surface area contributed by atoms with Gasteiger partial charge in [0.2, 0.25) is 0 Å². The number of likely N-dealkylation sites (tertiary alicyclic amines) is 1. The molecule has 16 heavy (non-hydrogen) atoms. The quantitative estimate of drug-likeness (QED) is 0.789. The van der Waals surface area contributed by atoms with Gasteiger partial charge in [0.05, 0.1) is 14.0 Å². The molecular formula is C11H14INO2S. The number of carbonyl (C=O) groups is 1. The standard InChI is InChI=1S/C11H14INO2S/c1-11(15)2-4-13(5-3-11)10(14)8-6-9(12)16-7-8/h6-7,15H,2-5H2,1H3. The molecule has 2 rings (SSSR count). The maximum atomic E-state index is 12.1. The van der Waals surface area contributed by atoms with Gasteiger partial charge in [-0.15, -0.1) is 11.3 Å². The zero-order valence-corrected chi connectivity index (χ0v) is 12.0. The van der Waals surface area contributed by atoms with Crippen molar-refractivity contribution in [1.82, 2.24) is 4.90 Å². The number of hydrogen-bond donors (Lipinski definition) is 1. The summed E-state index contributed by atoms with van der Waals surface area (Å²) >= 11 is 3.80. The number of nitrogens with zero attached hydrogens (tertiary/aromatic N) is 1. The molecule has 3 nitrogen and oxygen atoms in total. The highest BCUT2D eigenvalue weighted by molar-refractivity contribution is 14.1. The molecule has 0 aromatic carbocycles. The molecule has 0 unspecified atom stereocenters. The van der Waals surface area contributed by atoms with Crippen molar-refractivity contribution in [2.24, 2.45) is 0 Å². The van der Waals surface area contributed by atoms with Gasteiger partial charge >= 0.3 is 0 Å². The molecule has 0 aliphatic carbocycles. The molecule has 1 aromatic heterocycles. The monoisotopic (exact) mass is 351 g/mol. The summed E-state index contributed by atoms with van der Waals surface area (Å²) in [7, 11) is 0. The average molecular weight is 351 g/mol. The molecule has 1 N–H and O–H groups in total. The Morgan fingerprint density at radius 2 is 2.19 bits per heavy atom. The fourth-order valence-corrected chi connectivity index (χ4v) is 3.12. The van der Waals surface area contributed by atoms with Crippen molar-refractivity contribution in [3.05, 3.63) is 19.9 Å². The molecular weight excluding hydrogens is 337 g/mol. The SMILES string of the molecule is CC1(O)CCN(C(=O)c2csc(I)c2)CC1. The van der Waals surface area contributed by atoms with E-state index in [1.54, 1.807) is 11.3 Å². The first-order valence-electron chi connectivity index (χ1n) is 5.24. The predicted molar refractivity (Wildman–Crippen MR) is 72.8 cm³/mol. The van der Waals surface area contributed by atoms with Crippen LogP contribution in [0.2, 0.25) is 0 Å². The van der Waals surface area contributed by atoms with Gasteiger partial charge in [0.15, 0.2) is 0 Å². The van der Waals surface area contributed by atoms with E-state index in [2.05, 4.69) is 22.6 Å². The molecule has 5 heteroatoms. The van der Waals surface area contributed by atoms with Crippen LogP contribution in [0.3, 0.4) is 0 Å². The second-order valence-electron chi connectivity index (χ2n) is 4.43.